The Morgan fingerprint density at radius 1 is 1.35 bits per heavy atom. The number of fused-ring (bicyclic) bond motifs is 1. The Kier molecular flexibility index (Phi) is 6.81. The molecule has 26 heavy (non-hydrogen) atoms. The summed E-state index contributed by atoms with van der Waals surface area (Å²) in [6.07, 6.45) is 3.95. The molecule has 9 heteroatoms. The molecule has 1 aromatic carbocycles. The number of nitrogens with zero attached hydrogens (tertiary/aromatic N) is 3. The van der Waals surface area contributed by atoms with Gasteiger partial charge >= 0.3 is 0 Å². The third kappa shape index (κ3) is 5.30. The molecule has 0 aliphatic rings. The van der Waals surface area contributed by atoms with Crippen LogP contribution in [0.25, 0.3) is 11.0 Å². The molecule has 0 fully saturated rings. The molecule has 0 saturated carbocycles. The summed E-state index contributed by atoms with van der Waals surface area (Å²) in [4.78, 5) is 4.28. The second-order valence-corrected chi connectivity index (χ2v) is 11.2. The van der Waals surface area contributed by atoms with Crippen LogP contribution in [0.4, 0.5) is 8.78 Å². The monoisotopic (exact) mass is 387 g/mol. The van der Waals surface area contributed by atoms with E-state index in [2.05, 4.69) is 23.8 Å². The fourth-order valence-electron chi connectivity index (χ4n) is 2.29. The molecule has 0 radical (unpaired) electrons. The van der Waals surface area contributed by atoms with E-state index in [1.807, 2.05) is 6.07 Å². The zero-order valence-electron chi connectivity index (χ0n) is 15.0. The predicted molar refractivity (Wildman–Crippen MR) is 98.1 cm³/mol. The number of imidazole rings is 1. The molecule has 0 amide bonds. The van der Waals surface area contributed by atoms with Crippen LogP contribution in [0, 0.1) is 11.3 Å². The van der Waals surface area contributed by atoms with Crippen molar-refractivity contribution in [3.8, 4) is 11.8 Å². The molecule has 144 valence electrons. The standard InChI is InChI=1S/C17H23F2N3O3S/c1-26(2,3)5-4-24-11-22-14-6-12(8-20)15(25-10-16(18)19)7-13(14)21-17(22)9-23/h6-7,16,23H,4-5,9-11H2,1-3H3. The van der Waals surface area contributed by atoms with Gasteiger partial charge in [-0.05, 0) is 24.8 Å². The Bertz CT molecular complexity index is 797. The van der Waals surface area contributed by atoms with E-state index < -0.39 is 23.1 Å². The Labute approximate surface area is 152 Å². The number of aliphatic hydroxyl groups excluding tert-OH is 1. The van der Waals surface area contributed by atoms with Crippen molar-refractivity contribution >= 4 is 21.1 Å². The van der Waals surface area contributed by atoms with Crippen molar-refractivity contribution in [2.45, 2.75) is 19.8 Å². The van der Waals surface area contributed by atoms with E-state index in [4.69, 9.17) is 9.47 Å². The summed E-state index contributed by atoms with van der Waals surface area (Å²) in [5.74, 6) is 1.37. The highest BCUT2D eigenvalue weighted by Gasteiger charge is 2.16. The van der Waals surface area contributed by atoms with Gasteiger partial charge in [-0.2, -0.15) is 5.26 Å². The summed E-state index contributed by atoms with van der Waals surface area (Å²) in [7, 11) is -0.673. The van der Waals surface area contributed by atoms with Crippen LogP contribution in [0.1, 0.15) is 11.4 Å². The van der Waals surface area contributed by atoms with E-state index in [1.54, 1.807) is 4.57 Å². The number of benzene rings is 1. The molecule has 0 unspecified atom stereocenters. The zero-order valence-corrected chi connectivity index (χ0v) is 15.9. The van der Waals surface area contributed by atoms with Crippen LogP contribution >= 0.6 is 10.0 Å². The lowest BCUT2D eigenvalue weighted by molar-refractivity contribution is 0.0818. The van der Waals surface area contributed by atoms with Crippen molar-refractivity contribution in [1.82, 2.24) is 9.55 Å². The van der Waals surface area contributed by atoms with Crippen molar-refractivity contribution in [1.29, 1.82) is 5.26 Å². The Balaban J connectivity index is 2.27. The summed E-state index contributed by atoms with van der Waals surface area (Å²) in [5.41, 5.74) is 1.16. The summed E-state index contributed by atoms with van der Waals surface area (Å²) < 4.78 is 37.1. The Morgan fingerprint density at radius 2 is 2.08 bits per heavy atom. The van der Waals surface area contributed by atoms with Gasteiger partial charge < -0.3 is 19.1 Å². The highest BCUT2D eigenvalue weighted by Crippen LogP contribution is 2.33. The number of rotatable bonds is 9. The fraction of sp³-hybridized carbons (Fsp3) is 0.529. The van der Waals surface area contributed by atoms with Gasteiger partial charge in [-0.25, -0.2) is 23.8 Å². The van der Waals surface area contributed by atoms with Crippen molar-refractivity contribution in [3.63, 3.8) is 0 Å². The molecule has 0 aliphatic carbocycles. The number of hydrogen-bond acceptors (Lipinski definition) is 5. The largest absolute Gasteiger partial charge is 0.486 e. The topological polar surface area (TPSA) is 80.3 Å². The lowest BCUT2D eigenvalue weighted by atomic mass is 10.2. The summed E-state index contributed by atoms with van der Waals surface area (Å²) >= 11 is 0. The average molecular weight is 387 g/mol. The maximum absolute atomic E-state index is 12.4. The number of halogens is 2. The van der Waals surface area contributed by atoms with E-state index in [0.29, 0.717) is 23.5 Å². The number of alkyl halides is 2. The molecule has 6 nitrogen and oxygen atoms in total. The van der Waals surface area contributed by atoms with Crippen LogP contribution in [0.2, 0.25) is 0 Å². The molecule has 2 rings (SSSR count). The van der Waals surface area contributed by atoms with Gasteiger partial charge in [0, 0.05) is 11.8 Å². The molecule has 0 saturated heterocycles. The maximum atomic E-state index is 12.4. The fourth-order valence-corrected chi connectivity index (χ4v) is 2.91. The molecule has 0 spiro atoms. The van der Waals surface area contributed by atoms with Crippen molar-refractivity contribution in [2.75, 3.05) is 37.7 Å². The highest BCUT2D eigenvalue weighted by atomic mass is 32.3. The maximum Gasteiger partial charge on any atom is 0.272 e. The molecular weight excluding hydrogens is 364 g/mol. The van der Waals surface area contributed by atoms with E-state index in [-0.39, 0.29) is 24.7 Å². The first-order valence-corrected chi connectivity index (χ1v) is 11.0. The first kappa shape index (κ1) is 20.4. The van der Waals surface area contributed by atoms with Crippen LogP contribution in [0.15, 0.2) is 12.1 Å². The van der Waals surface area contributed by atoms with E-state index in [1.165, 1.54) is 12.1 Å². The van der Waals surface area contributed by atoms with Gasteiger partial charge in [0.1, 0.15) is 37.6 Å². The smallest absolute Gasteiger partial charge is 0.272 e. The van der Waals surface area contributed by atoms with Crippen molar-refractivity contribution < 1.29 is 23.4 Å². The molecule has 2 aromatic rings. The van der Waals surface area contributed by atoms with Gasteiger partial charge in [0.15, 0.2) is 0 Å². The number of hydrogen-bond donors (Lipinski definition) is 1. The van der Waals surface area contributed by atoms with E-state index in [0.717, 1.165) is 5.75 Å². The van der Waals surface area contributed by atoms with E-state index in [9.17, 15) is 19.1 Å². The summed E-state index contributed by atoms with van der Waals surface area (Å²) in [5, 5.41) is 18.8. The number of aliphatic hydroxyl groups is 1. The number of ether oxygens (including phenoxy) is 2. The van der Waals surface area contributed by atoms with Gasteiger partial charge in [0.25, 0.3) is 6.43 Å². The summed E-state index contributed by atoms with van der Waals surface area (Å²) in [6, 6.07) is 4.89. The minimum Gasteiger partial charge on any atom is -0.486 e. The van der Waals surface area contributed by atoms with Gasteiger partial charge in [0.2, 0.25) is 0 Å². The van der Waals surface area contributed by atoms with Crippen molar-refractivity contribution in [3.05, 3.63) is 23.5 Å². The van der Waals surface area contributed by atoms with Crippen LogP contribution in [0.3, 0.4) is 0 Å². The number of nitriles is 1. The minimum atomic E-state index is -2.64. The lowest BCUT2D eigenvalue weighted by Gasteiger charge is -2.24. The zero-order chi connectivity index (χ0) is 19.3. The molecule has 1 aromatic heterocycles. The first-order chi connectivity index (χ1) is 12.2. The first-order valence-electron chi connectivity index (χ1n) is 7.94. The number of aromatic nitrogens is 2. The average Bonchev–Trinajstić information content (AvgIpc) is 2.91. The normalized spacial score (nSPS) is 12.5. The second kappa shape index (κ2) is 8.66. The lowest BCUT2D eigenvalue weighted by Crippen LogP contribution is -2.12. The second-order valence-electron chi connectivity index (χ2n) is 6.60. The van der Waals surface area contributed by atoms with Gasteiger partial charge in [0.05, 0.1) is 23.2 Å². The summed E-state index contributed by atoms with van der Waals surface area (Å²) in [6.45, 7) is -0.349. The minimum absolute atomic E-state index is 0.0479. The quantitative estimate of drug-likeness (QED) is 0.669. The Hall–Kier alpha value is -1.89. The molecule has 1 N–H and O–H groups in total. The third-order valence-electron chi connectivity index (χ3n) is 3.62. The molecule has 0 atom stereocenters. The molecular formula is C17H23F2N3O3S. The van der Waals surface area contributed by atoms with Gasteiger partial charge in [-0.1, -0.05) is 0 Å². The van der Waals surface area contributed by atoms with E-state index >= 15 is 0 Å². The van der Waals surface area contributed by atoms with Crippen LogP contribution < -0.4 is 4.74 Å². The Morgan fingerprint density at radius 3 is 2.65 bits per heavy atom. The van der Waals surface area contributed by atoms with Crippen LogP contribution in [-0.2, 0) is 18.1 Å². The molecule has 1 heterocycles. The van der Waals surface area contributed by atoms with Crippen LogP contribution in [0.5, 0.6) is 5.75 Å². The SMILES string of the molecule is CS(C)(C)CCOCn1c(CO)nc2cc(OCC(F)F)c(C#N)cc21. The highest BCUT2D eigenvalue weighted by molar-refractivity contribution is 8.32. The molecule has 0 bridgehead atoms. The predicted octanol–water partition coefficient (Wildman–Crippen LogP) is 2.71. The van der Waals surface area contributed by atoms with Gasteiger partial charge in [-0.3, -0.25) is 0 Å². The third-order valence-corrected chi connectivity index (χ3v) is 5.01. The van der Waals surface area contributed by atoms with Crippen LogP contribution in [-0.4, -0.2) is 58.8 Å². The van der Waals surface area contributed by atoms with Crippen molar-refractivity contribution in [2.24, 2.45) is 0 Å². The molecule has 0 aliphatic heterocycles. The van der Waals surface area contributed by atoms with Gasteiger partial charge in [-0.15, -0.1) is 0 Å².